The van der Waals surface area contributed by atoms with Crippen LogP contribution < -0.4 is 0 Å². The van der Waals surface area contributed by atoms with E-state index in [0.29, 0.717) is 6.42 Å². The molecule has 0 radical (unpaired) electrons. The smallest absolute Gasteiger partial charge is 0.369 e. The lowest BCUT2D eigenvalue weighted by Gasteiger charge is -2.26. The molecule has 0 aliphatic carbocycles. The first-order chi connectivity index (χ1) is 13.4. The Morgan fingerprint density at radius 1 is 0.786 bits per heavy atom. The first kappa shape index (κ1) is 27.3. The fourth-order valence-corrected chi connectivity index (χ4v) is 3.06. The van der Waals surface area contributed by atoms with Gasteiger partial charge in [-0.05, 0) is 6.42 Å². The molecule has 0 saturated heterocycles. The Morgan fingerprint density at radius 2 is 1.18 bits per heavy atom. The average Bonchev–Trinajstić information content (AvgIpc) is 2.69. The zero-order chi connectivity index (χ0) is 21.3. The van der Waals surface area contributed by atoms with Crippen molar-refractivity contribution in [2.45, 2.75) is 115 Å². The number of aliphatic hydroxyl groups excluding tert-OH is 3. The van der Waals surface area contributed by atoms with E-state index in [9.17, 15) is 20.1 Å². The van der Waals surface area contributed by atoms with Gasteiger partial charge in [-0.25, -0.2) is 4.79 Å². The summed E-state index contributed by atoms with van der Waals surface area (Å²) >= 11 is 0. The predicted molar refractivity (Wildman–Crippen MR) is 108 cm³/mol. The Hall–Kier alpha value is -0.730. The van der Waals surface area contributed by atoms with Gasteiger partial charge in [0, 0.05) is 0 Å². The molecule has 0 rings (SSSR count). The number of aliphatic hydroxyl groups is 5. The van der Waals surface area contributed by atoms with Gasteiger partial charge < -0.3 is 30.3 Å². The third-order valence-corrected chi connectivity index (χ3v) is 5.03. The molecule has 5 N–H and O–H groups in total. The van der Waals surface area contributed by atoms with Crippen LogP contribution in [0.3, 0.4) is 0 Å². The van der Waals surface area contributed by atoms with Crippen LogP contribution in [0.5, 0.6) is 0 Å². The molecule has 0 aromatic rings. The maximum absolute atomic E-state index is 11.7. The van der Waals surface area contributed by atoms with Crippen molar-refractivity contribution in [3.63, 3.8) is 0 Å². The normalized spacial score (nSPS) is 13.1. The van der Waals surface area contributed by atoms with E-state index in [4.69, 9.17) is 10.2 Å². The third-order valence-electron chi connectivity index (χ3n) is 5.03. The Balaban J connectivity index is 3.69. The molecule has 168 valence electrons. The molecule has 0 aromatic heterocycles. The number of ether oxygens (including phenoxy) is 1. The molecular formula is C21H42O7. The molecule has 7 heteroatoms. The molecule has 0 aromatic carbocycles. The molecule has 0 amide bonds. The number of rotatable bonds is 19. The number of unbranched alkanes of at least 4 members (excludes halogenated alkanes) is 12. The summed E-state index contributed by atoms with van der Waals surface area (Å²) in [7, 11) is 0. The van der Waals surface area contributed by atoms with Gasteiger partial charge in [-0.2, -0.15) is 0 Å². The quantitative estimate of drug-likeness (QED) is 0.127. The summed E-state index contributed by atoms with van der Waals surface area (Å²) in [4.78, 5) is 11.7. The van der Waals surface area contributed by atoms with Gasteiger partial charge in [0.2, 0.25) is 0 Å². The van der Waals surface area contributed by atoms with Gasteiger partial charge in [-0.3, -0.25) is 0 Å². The number of esters is 1. The summed E-state index contributed by atoms with van der Waals surface area (Å²) in [5.74, 6) is -4.51. The minimum absolute atomic E-state index is 0.0583. The van der Waals surface area contributed by atoms with Gasteiger partial charge in [0.25, 0.3) is 5.79 Å². The Kier molecular flexibility index (Phi) is 16.7. The van der Waals surface area contributed by atoms with Crippen LogP contribution in [0.25, 0.3) is 0 Å². The van der Waals surface area contributed by atoms with E-state index in [1.165, 1.54) is 57.8 Å². The van der Waals surface area contributed by atoms with Crippen LogP contribution in [-0.4, -0.2) is 62.7 Å². The summed E-state index contributed by atoms with van der Waals surface area (Å²) in [5, 5.41) is 47.1. The summed E-state index contributed by atoms with van der Waals surface area (Å²) in [6, 6.07) is 0. The largest absolute Gasteiger partial charge is 0.453 e. The fourth-order valence-electron chi connectivity index (χ4n) is 3.06. The predicted octanol–water partition coefficient (Wildman–Crippen LogP) is 2.41. The molecule has 0 saturated carbocycles. The molecule has 0 aliphatic rings. The van der Waals surface area contributed by atoms with E-state index in [2.05, 4.69) is 11.7 Å². The lowest BCUT2D eigenvalue weighted by molar-refractivity contribution is -0.247. The summed E-state index contributed by atoms with van der Waals surface area (Å²) < 4.78 is 4.55. The van der Waals surface area contributed by atoms with Crippen molar-refractivity contribution in [2.75, 3.05) is 13.2 Å². The standard InChI is InChI=1S/C21H42O7/c1-2-3-4-5-6-7-8-9-10-11-12-13-14-15-19(24)21(26,27)20(25)28-18(16-22)17-23/h18-19,22-24,26-27H,2-17H2,1H3. The van der Waals surface area contributed by atoms with E-state index >= 15 is 0 Å². The molecule has 28 heavy (non-hydrogen) atoms. The maximum atomic E-state index is 11.7. The van der Waals surface area contributed by atoms with Crippen LogP contribution >= 0.6 is 0 Å². The van der Waals surface area contributed by atoms with Crippen molar-refractivity contribution in [3.8, 4) is 0 Å². The monoisotopic (exact) mass is 406 g/mol. The zero-order valence-electron chi connectivity index (χ0n) is 17.5. The van der Waals surface area contributed by atoms with Crippen molar-refractivity contribution in [3.05, 3.63) is 0 Å². The summed E-state index contributed by atoms with van der Waals surface area (Å²) in [5.41, 5.74) is 0. The van der Waals surface area contributed by atoms with Gasteiger partial charge in [-0.1, -0.05) is 90.4 Å². The fraction of sp³-hybridized carbons (Fsp3) is 0.952. The highest BCUT2D eigenvalue weighted by atomic mass is 16.6. The molecule has 7 nitrogen and oxygen atoms in total. The van der Waals surface area contributed by atoms with Crippen LogP contribution in [0.4, 0.5) is 0 Å². The van der Waals surface area contributed by atoms with Gasteiger partial charge in [-0.15, -0.1) is 0 Å². The van der Waals surface area contributed by atoms with E-state index in [1.54, 1.807) is 0 Å². The van der Waals surface area contributed by atoms with Gasteiger partial charge in [0.1, 0.15) is 12.2 Å². The van der Waals surface area contributed by atoms with Gasteiger partial charge >= 0.3 is 5.97 Å². The van der Waals surface area contributed by atoms with E-state index in [1.807, 2.05) is 0 Å². The van der Waals surface area contributed by atoms with Crippen LogP contribution in [0.15, 0.2) is 0 Å². The molecule has 0 aliphatic heterocycles. The molecule has 0 heterocycles. The molecule has 0 spiro atoms. The number of hydrogen-bond donors (Lipinski definition) is 5. The minimum Gasteiger partial charge on any atom is -0.453 e. The van der Waals surface area contributed by atoms with Crippen molar-refractivity contribution >= 4 is 5.97 Å². The molecular weight excluding hydrogens is 364 g/mol. The second-order valence-corrected chi connectivity index (χ2v) is 7.67. The van der Waals surface area contributed by atoms with E-state index in [0.717, 1.165) is 19.3 Å². The number of carbonyl (C=O) groups excluding carboxylic acids is 1. The van der Waals surface area contributed by atoms with Gasteiger partial charge in [0.05, 0.1) is 13.2 Å². The number of carbonyl (C=O) groups is 1. The average molecular weight is 407 g/mol. The Morgan fingerprint density at radius 3 is 1.57 bits per heavy atom. The second-order valence-electron chi connectivity index (χ2n) is 7.67. The first-order valence-corrected chi connectivity index (χ1v) is 11.0. The highest BCUT2D eigenvalue weighted by Gasteiger charge is 2.43. The summed E-state index contributed by atoms with van der Waals surface area (Å²) in [6.07, 6.45) is 12.4. The molecule has 1 atom stereocenters. The first-order valence-electron chi connectivity index (χ1n) is 11.0. The maximum Gasteiger partial charge on any atom is 0.369 e. The van der Waals surface area contributed by atoms with E-state index < -0.39 is 37.2 Å². The molecule has 0 bridgehead atoms. The van der Waals surface area contributed by atoms with Crippen molar-refractivity contribution < 1.29 is 35.1 Å². The topological polar surface area (TPSA) is 127 Å². The minimum atomic E-state index is -3.04. The highest BCUT2D eigenvalue weighted by molar-refractivity contribution is 5.78. The molecule has 0 fully saturated rings. The lowest BCUT2D eigenvalue weighted by Crippen LogP contribution is -2.52. The van der Waals surface area contributed by atoms with Gasteiger partial charge in [0.15, 0.2) is 0 Å². The SMILES string of the molecule is CCCCCCCCCCCCCCCC(O)C(O)(O)C(=O)OC(CO)CO. The zero-order valence-corrected chi connectivity index (χ0v) is 17.5. The van der Waals surface area contributed by atoms with Crippen LogP contribution in [0.2, 0.25) is 0 Å². The Labute approximate surface area is 169 Å². The van der Waals surface area contributed by atoms with Crippen molar-refractivity contribution in [2.24, 2.45) is 0 Å². The third kappa shape index (κ3) is 12.7. The van der Waals surface area contributed by atoms with E-state index in [-0.39, 0.29) is 6.42 Å². The van der Waals surface area contributed by atoms with Crippen molar-refractivity contribution in [1.82, 2.24) is 0 Å². The second kappa shape index (κ2) is 17.2. The lowest BCUT2D eigenvalue weighted by atomic mass is 10.0. The summed E-state index contributed by atoms with van der Waals surface area (Å²) in [6.45, 7) is 0.936. The van der Waals surface area contributed by atoms with Crippen LogP contribution in [-0.2, 0) is 9.53 Å². The highest BCUT2D eigenvalue weighted by Crippen LogP contribution is 2.18. The van der Waals surface area contributed by atoms with Crippen LogP contribution in [0, 0.1) is 0 Å². The molecule has 1 unspecified atom stereocenters. The van der Waals surface area contributed by atoms with Crippen molar-refractivity contribution in [1.29, 1.82) is 0 Å². The number of hydrogen-bond acceptors (Lipinski definition) is 7. The Bertz CT molecular complexity index is 370. The van der Waals surface area contributed by atoms with Crippen LogP contribution in [0.1, 0.15) is 96.8 Å².